The summed E-state index contributed by atoms with van der Waals surface area (Å²) in [6.07, 6.45) is 5.21. The zero-order valence-electron chi connectivity index (χ0n) is 11.2. The number of carbonyl (C=O) groups is 1. The molecule has 0 atom stereocenters. The molecule has 20 heavy (non-hydrogen) atoms. The Labute approximate surface area is 117 Å². The van der Waals surface area contributed by atoms with Gasteiger partial charge in [-0.15, -0.1) is 0 Å². The van der Waals surface area contributed by atoms with Crippen molar-refractivity contribution in [2.24, 2.45) is 0 Å². The third-order valence-corrected chi connectivity index (χ3v) is 3.35. The lowest BCUT2D eigenvalue weighted by Crippen LogP contribution is -2.39. The lowest BCUT2D eigenvalue weighted by atomic mass is 10.1. The number of hydrogen-bond donors (Lipinski definition) is 0. The molecule has 0 unspecified atom stereocenters. The van der Waals surface area contributed by atoms with Crippen LogP contribution in [0.5, 0.6) is 0 Å². The molecule has 1 saturated heterocycles. The lowest BCUT2D eigenvalue weighted by molar-refractivity contribution is -0.129. The highest BCUT2D eigenvalue weighted by Crippen LogP contribution is 2.13. The summed E-state index contributed by atoms with van der Waals surface area (Å²) in [7, 11) is 0. The lowest BCUT2D eigenvalue weighted by Gasteiger charge is -2.25. The molecule has 0 spiro atoms. The molecule has 1 aromatic heterocycles. The van der Waals surface area contributed by atoms with E-state index in [4.69, 9.17) is 4.74 Å². The Hall–Kier alpha value is -2.20. The largest absolute Gasteiger partial charge is 0.378 e. The van der Waals surface area contributed by atoms with E-state index in [1.165, 1.54) is 0 Å². The first-order valence-corrected chi connectivity index (χ1v) is 6.72. The summed E-state index contributed by atoms with van der Waals surface area (Å²) in [5.41, 5.74) is 1.90. The Bertz CT molecular complexity index is 646. The molecule has 2 heterocycles. The molecular formula is C16H16N2O2. The van der Waals surface area contributed by atoms with Crippen molar-refractivity contribution < 1.29 is 9.53 Å². The number of morpholine rings is 1. The molecule has 0 aliphatic carbocycles. The Balaban J connectivity index is 1.74. The van der Waals surface area contributed by atoms with Gasteiger partial charge in [-0.05, 0) is 23.8 Å². The summed E-state index contributed by atoms with van der Waals surface area (Å²) >= 11 is 0. The minimum atomic E-state index is 0.0291. The van der Waals surface area contributed by atoms with Crippen molar-refractivity contribution in [1.82, 2.24) is 9.88 Å². The number of para-hydroxylation sites is 1. The zero-order valence-corrected chi connectivity index (χ0v) is 11.2. The van der Waals surface area contributed by atoms with Crippen LogP contribution in [0.2, 0.25) is 0 Å². The maximum Gasteiger partial charge on any atom is 0.246 e. The second-order valence-electron chi connectivity index (χ2n) is 4.73. The van der Waals surface area contributed by atoms with Gasteiger partial charge < -0.3 is 9.64 Å². The Morgan fingerprint density at radius 2 is 2.05 bits per heavy atom. The van der Waals surface area contributed by atoms with Crippen molar-refractivity contribution in [3.05, 3.63) is 48.2 Å². The fourth-order valence-corrected chi connectivity index (χ4v) is 2.24. The maximum absolute atomic E-state index is 12.0. The van der Waals surface area contributed by atoms with Gasteiger partial charge in [-0.2, -0.15) is 0 Å². The second kappa shape index (κ2) is 5.84. The van der Waals surface area contributed by atoms with Crippen molar-refractivity contribution in [3.63, 3.8) is 0 Å². The smallest absolute Gasteiger partial charge is 0.246 e. The average molecular weight is 268 g/mol. The number of hydrogen-bond acceptors (Lipinski definition) is 3. The minimum Gasteiger partial charge on any atom is -0.378 e. The molecule has 0 bridgehead atoms. The number of fused-ring (bicyclic) bond motifs is 1. The number of nitrogens with zero attached hydrogens (tertiary/aromatic N) is 2. The van der Waals surface area contributed by atoms with E-state index in [9.17, 15) is 4.79 Å². The number of aromatic nitrogens is 1. The van der Waals surface area contributed by atoms with Crippen molar-refractivity contribution >= 4 is 22.9 Å². The quantitative estimate of drug-likeness (QED) is 0.783. The summed E-state index contributed by atoms with van der Waals surface area (Å²) in [6, 6.07) is 9.97. The first kappa shape index (κ1) is 12.8. The van der Waals surface area contributed by atoms with Crippen molar-refractivity contribution in [2.45, 2.75) is 0 Å². The van der Waals surface area contributed by atoms with Gasteiger partial charge in [0, 0.05) is 30.7 Å². The highest BCUT2D eigenvalue weighted by atomic mass is 16.5. The summed E-state index contributed by atoms with van der Waals surface area (Å²) in [4.78, 5) is 18.2. The zero-order chi connectivity index (χ0) is 13.8. The van der Waals surface area contributed by atoms with Crippen LogP contribution >= 0.6 is 0 Å². The molecule has 1 aliphatic heterocycles. The van der Waals surface area contributed by atoms with E-state index >= 15 is 0 Å². The highest BCUT2D eigenvalue weighted by molar-refractivity contribution is 5.92. The van der Waals surface area contributed by atoms with Crippen molar-refractivity contribution in [1.29, 1.82) is 0 Å². The molecule has 3 rings (SSSR count). The fourth-order valence-electron chi connectivity index (χ4n) is 2.24. The van der Waals surface area contributed by atoms with Gasteiger partial charge in [0.2, 0.25) is 5.91 Å². The van der Waals surface area contributed by atoms with Crippen LogP contribution in [0.1, 0.15) is 5.56 Å². The SMILES string of the molecule is O=C(/C=C/c1cnc2ccccc2c1)N1CCOCC1. The topological polar surface area (TPSA) is 42.4 Å². The number of carbonyl (C=O) groups excluding carboxylic acids is 1. The van der Waals surface area contributed by atoms with Crippen molar-refractivity contribution in [2.75, 3.05) is 26.3 Å². The molecule has 1 aromatic carbocycles. The maximum atomic E-state index is 12.0. The van der Waals surface area contributed by atoms with Gasteiger partial charge in [0.15, 0.2) is 0 Å². The number of rotatable bonds is 2. The average Bonchev–Trinajstić information content (AvgIpc) is 2.53. The van der Waals surface area contributed by atoms with Gasteiger partial charge in [0.25, 0.3) is 0 Å². The molecule has 102 valence electrons. The minimum absolute atomic E-state index is 0.0291. The van der Waals surface area contributed by atoms with Crippen molar-refractivity contribution in [3.8, 4) is 0 Å². The van der Waals surface area contributed by atoms with E-state index in [1.54, 1.807) is 17.2 Å². The summed E-state index contributed by atoms with van der Waals surface area (Å²) in [5.74, 6) is 0.0291. The van der Waals surface area contributed by atoms with E-state index in [2.05, 4.69) is 4.98 Å². The van der Waals surface area contributed by atoms with Crippen LogP contribution in [-0.4, -0.2) is 42.1 Å². The predicted octanol–water partition coefficient (Wildman–Crippen LogP) is 2.11. The molecule has 4 heteroatoms. The molecule has 2 aromatic rings. The third-order valence-electron chi connectivity index (χ3n) is 3.35. The summed E-state index contributed by atoms with van der Waals surface area (Å²) < 4.78 is 5.23. The first-order chi connectivity index (χ1) is 9.83. The summed E-state index contributed by atoms with van der Waals surface area (Å²) in [5, 5.41) is 1.08. The van der Waals surface area contributed by atoms with Crippen LogP contribution in [0.4, 0.5) is 0 Å². The fraction of sp³-hybridized carbons (Fsp3) is 0.250. The van der Waals surface area contributed by atoms with Crippen LogP contribution in [0.15, 0.2) is 42.6 Å². The Morgan fingerprint density at radius 1 is 1.25 bits per heavy atom. The van der Waals surface area contributed by atoms with Crippen LogP contribution in [0, 0.1) is 0 Å². The number of ether oxygens (including phenoxy) is 1. The summed E-state index contributed by atoms with van der Waals surface area (Å²) in [6.45, 7) is 2.58. The molecule has 0 N–H and O–H groups in total. The van der Waals surface area contributed by atoms with E-state index < -0.39 is 0 Å². The molecular weight excluding hydrogens is 252 g/mol. The van der Waals surface area contributed by atoms with Gasteiger partial charge in [-0.3, -0.25) is 9.78 Å². The number of amides is 1. The highest BCUT2D eigenvalue weighted by Gasteiger charge is 2.13. The van der Waals surface area contributed by atoms with E-state index in [0.717, 1.165) is 16.5 Å². The Kier molecular flexibility index (Phi) is 3.74. The molecule has 1 fully saturated rings. The molecule has 1 amide bonds. The monoisotopic (exact) mass is 268 g/mol. The standard InChI is InChI=1S/C16H16N2O2/c19-16(18-7-9-20-10-8-18)6-5-13-11-14-3-1-2-4-15(14)17-12-13/h1-6,11-12H,7-10H2/b6-5+. The van der Waals surface area contributed by atoms with Crippen LogP contribution < -0.4 is 0 Å². The predicted molar refractivity (Wildman–Crippen MR) is 78.2 cm³/mol. The van der Waals surface area contributed by atoms with E-state index in [-0.39, 0.29) is 5.91 Å². The van der Waals surface area contributed by atoms with Crippen LogP contribution in [-0.2, 0) is 9.53 Å². The molecule has 4 nitrogen and oxygen atoms in total. The van der Waals surface area contributed by atoms with Gasteiger partial charge >= 0.3 is 0 Å². The molecule has 0 radical (unpaired) electrons. The van der Waals surface area contributed by atoms with Crippen LogP contribution in [0.25, 0.3) is 17.0 Å². The van der Waals surface area contributed by atoms with Crippen LogP contribution in [0.3, 0.4) is 0 Å². The third kappa shape index (κ3) is 2.86. The normalized spacial score (nSPS) is 15.9. The van der Waals surface area contributed by atoms with Gasteiger partial charge in [-0.1, -0.05) is 18.2 Å². The number of benzene rings is 1. The Morgan fingerprint density at radius 3 is 2.90 bits per heavy atom. The van der Waals surface area contributed by atoms with Gasteiger partial charge in [0.05, 0.1) is 18.7 Å². The first-order valence-electron chi connectivity index (χ1n) is 6.72. The molecule has 0 saturated carbocycles. The molecule has 1 aliphatic rings. The second-order valence-corrected chi connectivity index (χ2v) is 4.73. The van der Waals surface area contributed by atoms with Gasteiger partial charge in [0.1, 0.15) is 0 Å². The van der Waals surface area contributed by atoms with E-state index in [0.29, 0.717) is 26.3 Å². The van der Waals surface area contributed by atoms with Gasteiger partial charge in [-0.25, -0.2) is 0 Å². The number of pyridine rings is 1. The van der Waals surface area contributed by atoms with E-state index in [1.807, 2.05) is 36.4 Å².